The summed E-state index contributed by atoms with van der Waals surface area (Å²) in [7, 11) is 3.49. The number of carbonyl (C=O) groups is 2. The Morgan fingerprint density at radius 1 is 1.03 bits per heavy atom. The highest BCUT2D eigenvalue weighted by Crippen LogP contribution is 2.44. The van der Waals surface area contributed by atoms with Crippen LogP contribution >= 0.6 is 0 Å². The van der Waals surface area contributed by atoms with Gasteiger partial charge in [-0.3, -0.25) is 0 Å². The third-order valence-electron chi connectivity index (χ3n) is 6.64. The largest absolute Gasteiger partial charge is 0.497 e. The predicted molar refractivity (Wildman–Crippen MR) is 133 cm³/mol. The molecule has 0 bridgehead atoms. The first-order valence-corrected chi connectivity index (χ1v) is 11.4. The Kier molecular flexibility index (Phi) is 5.91. The molecule has 7 nitrogen and oxygen atoms in total. The van der Waals surface area contributed by atoms with Crippen LogP contribution < -0.4 is 10.1 Å². The maximum atomic E-state index is 12.7. The highest BCUT2D eigenvalue weighted by Gasteiger charge is 2.30. The first-order valence-electron chi connectivity index (χ1n) is 11.4. The zero-order chi connectivity index (χ0) is 24.5. The van der Waals surface area contributed by atoms with Crippen molar-refractivity contribution in [1.82, 2.24) is 9.88 Å². The van der Waals surface area contributed by atoms with E-state index >= 15 is 0 Å². The monoisotopic (exact) mass is 470 g/mol. The first-order chi connectivity index (χ1) is 17.0. The fraction of sp³-hybridized carbons (Fsp3) is 0.214. The van der Waals surface area contributed by atoms with E-state index in [1.807, 2.05) is 72.4 Å². The van der Waals surface area contributed by atoms with Gasteiger partial charge in [0.2, 0.25) is 0 Å². The third-order valence-corrected chi connectivity index (χ3v) is 6.64. The van der Waals surface area contributed by atoms with E-state index in [0.717, 1.165) is 44.5 Å². The minimum absolute atomic E-state index is 0.0931. The van der Waals surface area contributed by atoms with Gasteiger partial charge in [-0.25, -0.2) is 9.59 Å². The van der Waals surface area contributed by atoms with Crippen LogP contribution in [0.2, 0.25) is 0 Å². The lowest BCUT2D eigenvalue weighted by Gasteiger charge is -2.17. The quantitative estimate of drug-likeness (QED) is 0.408. The van der Waals surface area contributed by atoms with Gasteiger partial charge in [0.1, 0.15) is 18.4 Å². The first kappa shape index (κ1) is 22.5. The van der Waals surface area contributed by atoms with E-state index in [-0.39, 0.29) is 18.9 Å². The number of ether oxygens (including phenoxy) is 2. The number of aryl methyl sites for hydroxylation is 1. The molecule has 0 radical (unpaired) electrons. The van der Waals surface area contributed by atoms with E-state index in [2.05, 4.69) is 17.4 Å². The minimum atomic E-state index is -1.13. The molecule has 1 heterocycles. The number of carboxylic acid groups (broad SMARTS) is 1. The van der Waals surface area contributed by atoms with E-state index in [0.29, 0.717) is 0 Å². The number of rotatable bonds is 7. The molecule has 5 rings (SSSR count). The molecule has 1 aliphatic rings. The van der Waals surface area contributed by atoms with Crippen molar-refractivity contribution in [1.29, 1.82) is 0 Å². The maximum absolute atomic E-state index is 12.7. The average molecular weight is 471 g/mol. The molecule has 1 aliphatic carbocycles. The smallest absolute Gasteiger partial charge is 0.407 e. The number of nitrogens with one attached hydrogen (secondary N) is 1. The Labute approximate surface area is 202 Å². The van der Waals surface area contributed by atoms with E-state index in [1.54, 1.807) is 7.11 Å². The van der Waals surface area contributed by atoms with Gasteiger partial charge in [-0.05, 0) is 39.9 Å². The van der Waals surface area contributed by atoms with E-state index < -0.39 is 18.1 Å². The van der Waals surface area contributed by atoms with Crippen LogP contribution in [0.25, 0.3) is 22.0 Å². The molecule has 35 heavy (non-hydrogen) atoms. The second-order valence-corrected chi connectivity index (χ2v) is 8.71. The Hall–Kier alpha value is -4.26. The van der Waals surface area contributed by atoms with Crippen LogP contribution in [0.1, 0.15) is 22.6 Å². The average Bonchev–Trinajstić information content (AvgIpc) is 3.36. The molecule has 7 heteroatoms. The van der Waals surface area contributed by atoms with E-state index in [9.17, 15) is 14.7 Å². The summed E-state index contributed by atoms with van der Waals surface area (Å²) in [5.74, 6) is -0.495. The topological polar surface area (TPSA) is 89.8 Å². The number of alkyl carbamates (subject to hydrolysis) is 1. The molecule has 0 saturated heterocycles. The number of nitrogens with zero attached hydrogens (tertiary/aromatic N) is 1. The van der Waals surface area contributed by atoms with Crippen molar-refractivity contribution in [3.8, 4) is 16.9 Å². The summed E-state index contributed by atoms with van der Waals surface area (Å²) in [6, 6.07) is 20.6. The summed E-state index contributed by atoms with van der Waals surface area (Å²) in [6.45, 7) is 0.125. The molecule has 1 amide bonds. The van der Waals surface area contributed by atoms with Crippen LogP contribution in [0.4, 0.5) is 4.79 Å². The second-order valence-electron chi connectivity index (χ2n) is 8.71. The molecule has 178 valence electrons. The number of carbonyl (C=O) groups excluding carboxylic acids is 1. The fourth-order valence-electron chi connectivity index (χ4n) is 4.94. The number of carboxylic acids is 1. The lowest BCUT2D eigenvalue weighted by atomic mass is 9.98. The van der Waals surface area contributed by atoms with Crippen LogP contribution in [0, 0.1) is 0 Å². The van der Waals surface area contributed by atoms with E-state index in [1.165, 1.54) is 0 Å². The molecule has 1 aromatic heterocycles. The molecule has 0 aliphatic heterocycles. The van der Waals surface area contributed by atoms with Crippen LogP contribution in [0.5, 0.6) is 5.75 Å². The van der Waals surface area contributed by atoms with Crippen molar-refractivity contribution in [2.75, 3.05) is 13.7 Å². The number of benzene rings is 3. The highest BCUT2D eigenvalue weighted by molar-refractivity contribution is 5.87. The molecule has 3 aromatic carbocycles. The second kappa shape index (κ2) is 9.18. The van der Waals surface area contributed by atoms with Crippen molar-refractivity contribution in [3.63, 3.8) is 0 Å². The van der Waals surface area contributed by atoms with Crippen molar-refractivity contribution in [2.45, 2.75) is 18.4 Å². The van der Waals surface area contributed by atoms with Gasteiger partial charge in [-0.15, -0.1) is 0 Å². The number of methoxy groups -OCH3 is 1. The summed E-state index contributed by atoms with van der Waals surface area (Å²) in [6.07, 6.45) is 1.25. The number of aromatic nitrogens is 1. The van der Waals surface area contributed by atoms with Gasteiger partial charge >= 0.3 is 12.1 Å². The lowest BCUT2D eigenvalue weighted by molar-refractivity contribution is -0.139. The van der Waals surface area contributed by atoms with Gasteiger partial charge in [0.05, 0.1) is 12.6 Å². The number of hydrogen-bond acceptors (Lipinski definition) is 4. The van der Waals surface area contributed by atoms with Crippen LogP contribution in [0.15, 0.2) is 72.9 Å². The molecule has 1 unspecified atom stereocenters. The Balaban J connectivity index is 1.29. The zero-order valence-corrected chi connectivity index (χ0v) is 19.5. The van der Waals surface area contributed by atoms with Gasteiger partial charge in [-0.2, -0.15) is 0 Å². The van der Waals surface area contributed by atoms with Gasteiger partial charge < -0.3 is 24.5 Å². The SMILES string of the molecule is COc1ccc2c(CC(NC(=O)OCC3c4ccccc4-c4ccccc43)C(=O)O)cn(C)c2c1. The summed E-state index contributed by atoms with van der Waals surface area (Å²) < 4.78 is 12.8. The Morgan fingerprint density at radius 3 is 2.31 bits per heavy atom. The molecular formula is C28H26N2O5. The number of hydrogen-bond donors (Lipinski definition) is 2. The minimum Gasteiger partial charge on any atom is -0.497 e. The molecule has 2 N–H and O–H groups in total. The number of aliphatic carboxylic acids is 1. The van der Waals surface area contributed by atoms with Gasteiger partial charge in [0, 0.05) is 37.0 Å². The normalized spacial score (nSPS) is 13.2. The summed E-state index contributed by atoms with van der Waals surface area (Å²) >= 11 is 0. The molecule has 4 aromatic rings. The van der Waals surface area contributed by atoms with Gasteiger partial charge in [0.25, 0.3) is 0 Å². The van der Waals surface area contributed by atoms with Crippen LogP contribution in [-0.4, -0.2) is 41.5 Å². The predicted octanol–water partition coefficient (Wildman–Crippen LogP) is 4.72. The van der Waals surface area contributed by atoms with Crippen molar-refractivity contribution in [2.24, 2.45) is 7.05 Å². The maximum Gasteiger partial charge on any atom is 0.407 e. The standard InChI is InChI=1S/C28H26N2O5/c1-30-15-17(19-12-11-18(34-2)14-26(19)30)13-25(27(31)32)29-28(33)35-16-24-22-9-5-3-7-20(22)21-8-4-6-10-23(21)24/h3-12,14-15,24-25H,13,16H2,1-2H3,(H,29,33)(H,31,32). The molecule has 0 spiro atoms. The van der Waals surface area contributed by atoms with Crippen LogP contribution in [0.3, 0.4) is 0 Å². The third kappa shape index (κ3) is 4.21. The fourth-order valence-corrected chi connectivity index (χ4v) is 4.94. The van der Waals surface area contributed by atoms with Crippen molar-refractivity contribution < 1.29 is 24.2 Å². The molecular weight excluding hydrogens is 444 g/mol. The molecule has 1 atom stereocenters. The zero-order valence-electron chi connectivity index (χ0n) is 19.5. The number of fused-ring (bicyclic) bond motifs is 4. The summed E-state index contributed by atoms with van der Waals surface area (Å²) in [5, 5.41) is 13.2. The van der Waals surface area contributed by atoms with Gasteiger partial charge in [0.15, 0.2) is 0 Å². The lowest BCUT2D eigenvalue weighted by Crippen LogP contribution is -2.42. The highest BCUT2D eigenvalue weighted by atomic mass is 16.5. The van der Waals surface area contributed by atoms with E-state index in [4.69, 9.17) is 9.47 Å². The van der Waals surface area contributed by atoms with Crippen molar-refractivity contribution >= 4 is 23.0 Å². The summed E-state index contributed by atoms with van der Waals surface area (Å²) in [5.41, 5.74) is 6.20. The molecule has 0 saturated carbocycles. The van der Waals surface area contributed by atoms with Crippen molar-refractivity contribution in [3.05, 3.63) is 89.6 Å². The summed E-state index contributed by atoms with van der Waals surface area (Å²) in [4.78, 5) is 24.6. The Morgan fingerprint density at radius 2 is 1.69 bits per heavy atom. The van der Waals surface area contributed by atoms with Crippen LogP contribution in [-0.2, 0) is 23.0 Å². The molecule has 0 fully saturated rings. The number of amides is 1. The van der Waals surface area contributed by atoms with Gasteiger partial charge in [-0.1, -0.05) is 48.5 Å². The Bertz CT molecular complexity index is 1380.